The van der Waals surface area contributed by atoms with Crippen molar-refractivity contribution in [1.29, 1.82) is 0 Å². The maximum atomic E-state index is 11.9. The Kier molecular flexibility index (Phi) is 3.28. The summed E-state index contributed by atoms with van der Waals surface area (Å²) in [5, 5.41) is 0. The summed E-state index contributed by atoms with van der Waals surface area (Å²) in [6.45, 7) is 0. The van der Waals surface area contributed by atoms with Gasteiger partial charge < -0.3 is 5.73 Å². The predicted molar refractivity (Wildman–Crippen MR) is 72.8 cm³/mol. The number of aliphatic imine (C=N–C) groups is 1. The fourth-order valence-corrected chi connectivity index (χ4v) is 1.55. The van der Waals surface area contributed by atoms with E-state index >= 15 is 0 Å². The van der Waals surface area contributed by atoms with Crippen molar-refractivity contribution in [3.05, 3.63) is 50.9 Å². The van der Waals surface area contributed by atoms with Crippen LogP contribution in [0.25, 0.3) is 0 Å². The standard InChI is InChI=1S/C12H13N5O2/c1-16-10(13)9(11(18)17(2)12(16)19)15-7-8-3-5-14-6-4-8/h3-7H,13H2,1-2H3. The lowest BCUT2D eigenvalue weighted by atomic mass is 10.3. The molecule has 0 radical (unpaired) electrons. The molecule has 0 amide bonds. The highest BCUT2D eigenvalue weighted by atomic mass is 16.2. The lowest BCUT2D eigenvalue weighted by molar-refractivity contribution is 0.695. The average molecular weight is 259 g/mol. The highest BCUT2D eigenvalue weighted by Crippen LogP contribution is 2.13. The lowest BCUT2D eigenvalue weighted by Gasteiger charge is -2.07. The summed E-state index contributed by atoms with van der Waals surface area (Å²) in [5.41, 5.74) is 5.56. The van der Waals surface area contributed by atoms with Gasteiger partial charge in [0.05, 0.1) is 0 Å². The van der Waals surface area contributed by atoms with Crippen molar-refractivity contribution >= 4 is 17.7 Å². The highest BCUT2D eigenvalue weighted by molar-refractivity contribution is 5.82. The Labute approximate surface area is 108 Å². The van der Waals surface area contributed by atoms with Crippen LogP contribution in [-0.4, -0.2) is 20.3 Å². The summed E-state index contributed by atoms with van der Waals surface area (Å²) in [7, 11) is 2.87. The first-order valence-electron chi connectivity index (χ1n) is 5.52. The van der Waals surface area contributed by atoms with Gasteiger partial charge >= 0.3 is 5.69 Å². The average Bonchev–Trinajstić information content (AvgIpc) is 2.44. The molecule has 0 saturated heterocycles. The summed E-state index contributed by atoms with van der Waals surface area (Å²) >= 11 is 0. The van der Waals surface area contributed by atoms with Gasteiger partial charge in [-0.25, -0.2) is 9.79 Å². The smallest absolute Gasteiger partial charge is 0.332 e. The Morgan fingerprint density at radius 3 is 2.47 bits per heavy atom. The third kappa shape index (κ3) is 2.30. The van der Waals surface area contributed by atoms with Gasteiger partial charge in [-0.2, -0.15) is 0 Å². The Balaban J connectivity index is 2.56. The predicted octanol–water partition coefficient (Wildman–Crippen LogP) is -0.188. The van der Waals surface area contributed by atoms with Crippen LogP contribution in [0.15, 0.2) is 39.1 Å². The molecular formula is C12H13N5O2. The van der Waals surface area contributed by atoms with E-state index in [4.69, 9.17) is 5.73 Å². The van der Waals surface area contributed by atoms with Crippen LogP contribution in [0.1, 0.15) is 5.56 Å². The molecule has 0 aromatic carbocycles. The van der Waals surface area contributed by atoms with Gasteiger partial charge in [0.2, 0.25) is 0 Å². The maximum absolute atomic E-state index is 11.9. The largest absolute Gasteiger partial charge is 0.383 e. The molecule has 2 heterocycles. The van der Waals surface area contributed by atoms with Crippen LogP contribution in [0.3, 0.4) is 0 Å². The molecule has 2 rings (SSSR count). The van der Waals surface area contributed by atoms with Crippen LogP contribution < -0.4 is 17.0 Å². The van der Waals surface area contributed by atoms with Crippen LogP contribution in [0.4, 0.5) is 11.5 Å². The van der Waals surface area contributed by atoms with Gasteiger partial charge in [-0.3, -0.25) is 18.9 Å². The fourth-order valence-electron chi connectivity index (χ4n) is 1.55. The van der Waals surface area contributed by atoms with E-state index in [1.807, 2.05) is 0 Å². The number of rotatable bonds is 2. The second-order valence-corrected chi connectivity index (χ2v) is 3.98. The molecule has 0 aliphatic carbocycles. The van der Waals surface area contributed by atoms with Gasteiger partial charge in [-0.1, -0.05) is 0 Å². The number of nitrogens with two attached hydrogens (primary N) is 1. The molecule has 0 unspecified atom stereocenters. The van der Waals surface area contributed by atoms with E-state index in [9.17, 15) is 9.59 Å². The number of anilines is 1. The van der Waals surface area contributed by atoms with Crippen molar-refractivity contribution in [1.82, 2.24) is 14.1 Å². The van der Waals surface area contributed by atoms with Gasteiger partial charge in [-0.05, 0) is 17.7 Å². The zero-order chi connectivity index (χ0) is 14.0. The highest BCUT2D eigenvalue weighted by Gasteiger charge is 2.11. The minimum Gasteiger partial charge on any atom is -0.383 e. The van der Waals surface area contributed by atoms with Gasteiger partial charge in [-0.15, -0.1) is 0 Å². The number of hydrogen-bond donors (Lipinski definition) is 1. The number of nitrogen functional groups attached to an aromatic ring is 1. The van der Waals surface area contributed by atoms with Crippen LogP contribution >= 0.6 is 0 Å². The topological polar surface area (TPSA) is 95.3 Å². The van der Waals surface area contributed by atoms with Crippen molar-refractivity contribution in [2.45, 2.75) is 0 Å². The number of pyridine rings is 1. The minimum absolute atomic E-state index is 0.0402. The molecule has 0 saturated carbocycles. The van der Waals surface area contributed by atoms with E-state index in [0.29, 0.717) is 0 Å². The number of nitrogens with zero attached hydrogens (tertiary/aromatic N) is 4. The van der Waals surface area contributed by atoms with E-state index < -0.39 is 11.2 Å². The molecule has 0 atom stereocenters. The summed E-state index contributed by atoms with van der Waals surface area (Å²) in [4.78, 5) is 31.5. The first-order valence-corrected chi connectivity index (χ1v) is 5.52. The van der Waals surface area contributed by atoms with Crippen LogP contribution in [-0.2, 0) is 14.1 Å². The van der Waals surface area contributed by atoms with Crippen molar-refractivity contribution in [3.63, 3.8) is 0 Å². The molecule has 0 aliphatic rings. The molecule has 0 spiro atoms. The second-order valence-electron chi connectivity index (χ2n) is 3.98. The molecule has 2 N–H and O–H groups in total. The zero-order valence-electron chi connectivity index (χ0n) is 10.6. The van der Waals surface area contributed by atoms with Crippen molar-refractivity contribution in [2.24, 2.45) is 19.1 Å². The summed E-state index contributed by atoms with van der Waals surface area (Å²) in [5.74, 6) is 0.0402. The van der Waals surface area contributed by atoms with Crippen LogP contribution in [0, 0.1) is 0 Å². The van der Waals surface area contributed by atoms with E-state index in [2.05, 4.69) is 9.98 Å². The SMILES string of the molecule is Cn1c(N)c(N=Cc2ccncc2)c(=O)n(C)c1=O. The molecule has 7 heteroatoms. The molecule has 7 nitrogen and oxygen atoms in total. The molecule has 2 aromatic rings. The Bertz CT molecular complexity index is 743. The molecule has 98 valence electrons. The van der Waals surface area contributed by atoms with E-state index in [0.717, 1.165) is 10.1 Å². The Hall–Kier alpha value is -2.70. The van der Waals surface area contributed by atoms with Gasteiger partial charge in [0.25, 0.3) is 5.56 Å². The first kappa shape index (κ1) is 12.7. The quantitative estimate of drug-likeness (QED) is 0.756. The van der Waals surface area contributed by atoms with Crippen LogP contribution in [0.5, 0.6) is 0 Å². The first-order chi connectivity index (χ1) is 9.02. The number of aromatic nitrogens is 3. The Morgan fingerprint density at radius 2 is 1.84 bits per heavy atom. The normalized spacial score (nSPS) is 11.1. The monoisotopic (exact) mass is 259 g/mol. The third-order valence-corrected chi connectivity index (χ3v) is 2.73. The van der Waals surface area contributed by atoms with Crippen molar-refractivity contribution < 1.29 is 0 Å². The van der Waals surface area contributed by atoms with Gasteiger partial charge in [0, 0.05) is 32.7 Å². The molecule has 0 aliphatic heterocycles. The van der Waals surface area contributed by atoms with E-state index in [1.165, 1.54) is 24.9 Å². The van der Waals surface area contributed by atoms with E-state index in [-0.39, 0.29) is 11.5 Å². The molecule has 2 aromatic heterocycles. The maximum Gasteiger partial charge on any atom is 0.332 e. The zero-order valence-corrected chi connectivity index (χ0v) is 10.6. The number of hydrogen-bond acceptors (Lipinski definition) is 5. The molecule has 0 bridgehead atoms. The summed E-state index contributed by atoms with van der Waals surface area (Å²) < 4.78 is 2.15. The minimum atomic E-state index is -0.522. The lowest BCUT2D eigenvalue weighted by Crippen LogP contribution is -2.37. The Morgan fingerprint density at radius 1 is 1.21 bits per heavy atom. The second kappa shape index (κ2) is 4.89. The fraction of sp³-hybridized carbons (Fsp3) is 0.167. The van der Waals surface area contributed by atoms with E-state index in [1.54, 1.807) is 24.5 Å². The van der Waals surface area contributed by atoms with Crippen molar-refractivity contribution in [3.8, 4) is 0 Å². The molecular weight excluding hydrogens is 246 g/mol. The third-order valence-electron chi connectivity index (χ3n) is 2.73. The van der Waals surface area contributed by atoms with Gasteiger partial charge in [0.15, 0.2) is 5.69 Å². The van der Waals surface area contributed by atoms with Crippen LogP contribution in [0.2, 0.25) is 0 Å². The molecule has 0 fully saturated rings. The van der Waals surface area contributed by atoms with Crippen molar-refractivity contribution in [2.75, 3.05) is 5.73 Å². The van der Waals surface area contributed by atoms with Gasteiger partial charge in [0.1, 0.15) is 5.82 Å². The summed E-state index contributed by atoms with van der Waals surface area (Å²) in [6, 6.07) is 3.48. The summed E-state index contributed by atoms with van der Waals surface area (Å²) in [6.07, 6.45) is 4.73. The molecule has 19 heavy (non-hydrogen) atoms.